The highest BCUT2D eigenvalue weighted by Gasteiger charge is 2.33. The average molecular weight is 508 g/mol. The van der Waals surface area contributed by atoms with Crippen LogP contribution >= 0.6 is 15.9 Å². The van der Waals surface area contributed by atoms with Gasteiger partial charge in [-0.25, -0.2) is 4.79 Å². The van der Waals surface area contributed by atoms with E-state index >= 15 is 0 Å². The Bertz CT molecular complexity index is 1040. The van der Waals surface area contributed by atoms with E-state index in [0.29, 0.717) is 37.0 Å². The summed E-state index contributed by atoms with van der Waals surface area (Å²) in [5.41, 5.74) is 0.869. The molecule has 0 aliphatic carbocycles. The fourth-order valence-electron chi connectivity index (χ4n) is 3.65. The molecule has 0 unspecified atom stereocenters. The third-order valence-corrected chi connectivity index (χ3v) is 5.99. The summed E-state index contributed by atoms with van der Waals surface area (Å²) in [6.07, 6.45) is 2.37. The fraction of sp³-hybridized carbons (Fsp3) is 0.500. The maximum absolute atomic E-state index is 12.8. The van der Waals surface area contributed by atoms with E-state index in [1.54, 1.807) is 20.2 Å². The van der Waals surface area contributed by atoms with Crippen LogP contribution in [-0.4, -0.2) is 44.1 Å². The first kappa shape index (κ1) is 24.3. The number of carbonyl (C=O) groups is 1. The average Bonchev–Trinajstić information content (AvgIpc) is 2.87. The van der Waals surface area contributed by atoms with E-state index < -0.39 is 5.97 Å². The van der Waals surface area contributed by atoms with Gasteiger partial charge in [-0.2, -0.15) is 0 Å². The van der Waals surface area contributed by atoms with Gasteiger partial charge in [0.05, 0.1) is 29.4 Å². The molecule has 1 aromatic carbocycles. The van der Waals surface area contributed by atoms with Gasteiger partial charge < -0.3 is 23.5 Å². The number of fused-ring (bicyclic) bond motifs is 3. The monoisotopic (exact) mass is 507 g/mol. The molecule has 1 aromatic heterocycles. The summed E-state index contributed by atoms with van der Waals surface area (Å²) in [6.45, 7) is 9.72. The number of methoxy groups -OCH3 is 1. The molecule has 0 radical (unpaired) electrons. The zero-order valence-electron chi connectivity index (χ0n) is 19.2. The molecule has 0 N–H and O–H groups in total. The van der Waals surface area contributed by atoms with Crippen molar-refractivity contribution in [3.63, 3.8) is 0 Å². The van der Waals surface area contributed by atoms with Gasteiger partial charge in [0.25, 0.3) is 0 Å². The minimum atomic E-state index is -0.619. The normalized spacial score (nSPS) is 15.2. The highest BCUT2D eigenvalue weighted by Crippen LogP contribution is 2.44. The number of nitrogens with zero attached hydrogens (tertiary/aromatic N) is 1. The smallest absolute Gasteiger partial charge is 0.343 e. The third-order valence-electron chi connectivity index (χ3n) is 5.37. The van der Waals surface area contributed by atoms with Gasteiger partial charge in [0.1, 0.15) is 23.7 Å². The lowest BCUT2D eigenvalue weighted by Crippen LogP contribution is -2.31. The quantitative estimate of drug-likeness (QED) is 0.393. The molecule has 174 valence electrons. The van der Waals surface area contributed by atoms with Crippen molar-refractivity contribution >= 4 is 21.9 Å². The maximum Gasteiger partial charge on any atom is 0.343 e. The number of pyridine rings is 1. The number of hydrogen-bond donors (Lipinski definition) is 0. The van der Waals surface area contributed by atoms with Crippen LogP contribution in [0.3, 0.4) is 0 Å². The molecule has 1 atom stereocenters. The van der Waals surface area contributed by atoms with Gasteiger partial charge in [0.15, 0.2) is 5.43 Å². The van der Waals surface area contributed by atoms with Crippen LogP contribution in [0.4, 0.5) is 0 Å². The van der Waals surface area contributed by atoms with Crippen molar-refractivity contribution in [3.05, 3.63) is 44.7 Å². The third kappa shape index (κ3) is 5.18. The molecule has 3 rings (SSSR count). The predicted octanol–water partition coefficient (Wildman–Crippen LogP) is 4.85. The van der Waals surface area contributed by atoms with E-state index in [2.05, 4.69) is 36.7 Å². The van der Waals surface area contributed by atoms with Crippen LogP contribution in [0.15, 0.2) is 33.7 Å². The van der Waals surface area contributed by atoms with E-state index in [4.69, 9.17) is 18.9 Å². The molecular formula is C24H30BrNO6. The van der Waals surface area contributed by atoms with E-state index in [-0.39, 0.29) is 29.1 Å². The minimum Gasteiger partial charge on any atom is -0.492 e. The standard InChI is InChI=1S/C24H30BrNO6/c1-6-30-23(28)16-13-26-18(11-19(16)27)15-10-17(25)21(31-9-7-8-29-5)12-20(15)32-14-22(26)24(2,3)4/h10-13,22H,6-9,14H2,1-5H3/t22-/m0/s1. The number of hydrogen-bond acceptors (Lipinski definition) is 6. The molecule has 7 nitrogen and oxygen atoms in total. The number of aromatic nitrogens is 1. The zero-order chi connectivity index (χ0) is 23.5. The summed E-state index contributed by atoms with van der Waals surface area (Å²) in [4.78, 5) is 25.2. The van der Waals surface area contributed by atoms with Crippen molar-refractivity contribution in [2.75, 3.05) is 33.5 Å². The Balaban J connectivity index is 2.12. The van der Waals surface area contributed by atoms with Crippen molar-refractivity contribution < 1.29 is 23.7 Å². The number of esters is 1. The number of ether oxygens (including phenoxy) is 4. The fourth-order valence-corrected chi connectivity index (χ4v) is 4.11. The lowest BCUT2D eigenvalue weighted by atomic mass is 9.86. The highest BCUT2D eigenvalue weighted by molar-refractivity contribution is 9.10. The number of rotatable bonds is 7. The molecule has 0 saturated heterocycles. The summed E-state index contributed by atoms with van der Waals surface area (Å²) in [5.74, 6) is 0.664. The Morgan fingerprint density at radius 1 is 1.25 bits per heavy atom. The molecule has 1 aliphatic heterocycles. The Labute approximate surface area is 196 Å². The van der Waals surface area contributed by atoms with Crippen LogP contribution in [0.25, 0.3) is 11.3 Å². The molecule has 2 aromatic rings. The highest BCUT2D eigenvalue weighted by atomic mass is 79.9. The summed E-state index contributed by atoms with van der Waals surface area (Å²) in [7, 11) is 1.66. The van der Waals surface area contributed by atoms with E-state index in [0.717, 1.165) is 16.5 Å². The SMILES string of the molecule is CCOC(=O)c1cn2c(cc1=O)-c1cc(Br)c(OCCCOC)cc1OC[C@H]2C(C)(C)C. The first-order chi connectivity index (χ1) is 15.2. The van der Waals surface area contributed by atoms with Gasteiger partial charge in [-0.3, -0.25) is 4.79 Å². The van der Waals surface area contributed by atoms with Gasteiger partial charge >= 0.3 is 5.97 Å². The largest absolute Gasteiger partial charge is 0.492 e. The Morgan fingerprint density at radius 2 is 2.00 bits per heavy atom. The van der Waals surface area contributed by atoms with Gasteiger partial charge in [-0.1, -0.05) is 20.8 Å². The molecule has 0 bridgehead atoms. The van der Waals surface area contributed by atoms with Crippen molar-refractivity contribution in [1.82, 2.24) is 4.57 Å². The van der Waals surface area contributed by atoms with Crippen LogP contribution in [0.1, 0.15) is 50.5 Å². The van der Waals surface area contributed by atoms with E-state index in [1.807, 2.05) is 16.7 Å². The van der Waals surface area contributed by atoms with E-state index in [1.165, 1.54) is 6.07 Å². The number of benzene rings is 1. The molecule has 0 saturated carbocycles. The van der Waals surface area contributed by atoms with E-state index in [9.17, 15) is 9.59 Å². The summed E-state index contributed by atoms with van der Waals surface area (Å²) in [6, 6.07) is 5.10. The van der Waals surface area contributed by atoms with Gasteiger partial charge in [0, 0.05) is 44.0 Å². The van der Waals surface area contributed by atoms with Crippen LogP contribution in [0, 0.1) is 5.41 Å². The Morgan fingerprint density at radius 3 is 2.66 bits per heavy atom. The van der Waals surface area contributed by atoms with Gasteiger partial charge in [0.2, 0.25) is 0 Å². The maximum atomic E-state index is 12.8. The second-order valence-corrected chi connectivity index (χ2v) is 9.59. The predicted molar refractivity (Wildman–Crippen MR) is 126 cm³/mol. The second kappa shape index (κ2) is 10.1. The van der Waals surface area contributed by atoms with Crippen LogP contribution in [0.5, 0.6) is 11.5 Å². The van der Waals surface area contributed by atoms with Crippen molar-refractivity contribution in [1.29, 1.82) is 0 Å². The Hall–Kier alpha value is -2.32. The molecule has 1 aliphatic rings. The van der Waals surface area contributed by atoms with Crippen molar-refractivity contribution in [2.24, 2.45) is 5.41 Å². The molecule has 0 spiro atoms. The molecule has 0 fully saturated rings. The number of halogens is 1. The topological polar surface area (TPSA) is 76.0 Å². The molecule has 0 amide bonds. The van der Waals surface area contributed by atoms with Crippen LogP contribution in [-0.2, 0) is 9.47 Å². The van der Waals surface area contributed by atoms with Crippen molar-refractivity contribution in [3.8, 4) is 22.8 Å². The Kier molecular flexibility index (Phi) is 7.67. The molecule has 8 heteroatoms. The van der Waals surface area contributed by atoms with Crippen molar-refractivity contribution in [2.45, 2.75) is 40.2 Å². The second-order valence-electron chi connectivity index (χ2n) is 8.73. The summed E-state index contributed by atoms with van der Waals surface area (Å²) < 4.78 is 25.0. The zero-order valence-corrected chi connectivity index (χ0v) is 20.8. The first-order valence-corrected chi connectivity index (χ1v) is 11.5. The van der Waals surface area contributed by atoms with Gasteiger partial charge in [-0.15, -0.1) is 0 Å². The van der Waals surface area contributed by atoms with Gasteiger partial charge in [-0.05, 0) is 34.3 Å². The lowest BCUT2D eigenvalue weighted by molar-refractivity contribution is 0.0522. The minimum absolute atomic E-state index is 0.0189. The first-order valence-electron chi connectivity index (χ1n) is 10.7. The molecule has 32 heavy (non-hydrogen) atoms. The van der Waals surface area contributed by atoms with Crippen LogP contribution < -0.4 is 14.9 Å². The molecular weight excluding hydrogens is 478 g/mol. The summed E-state index contributed by atoms with van der Waals surface area (Å²) in [5, 5.41) is 0. The van der Waals surface area contributed by atoms with Crippen LogP contribution in [0.2, 0.25) is 0 Å². The number of carbonyl (C=O) groups excluding carboxylic acids is 1. The lowest BCUT2D eigenvalue weighted by Gasteiger charge is -2.32. The molecule has 2 heterocycles. The summed E-state index contributed by atoms with van der Waals surface area (Å²) >= 11 is 3.58.